The van der Waals surface area contributed by atoms with Crippen LogP contribution in [0.3, 0.4) is 0 Å². The predicted octanol–water partition coefficient (Wildman–Crippen LogP) is 5.58. The normalized spacial score (nSPS) is 15.4. The van der Waals surface area contributed by atoms with Crippen molar-refractivity contribution in [1.29, 1.82) is 0 Å². The van der Waals surface area contributed by atoms with Crippen LogP contribution in [-0.4, -0.2) is 25.3 Å². The molecule has 1 heterocycles. The zero-order chi connectivity index (χ0) is 22.3. The highest BCUT2D eigenvalue weighted by atomic mass is 16.5. The fourth-order valence-corrected chi connectivity index (χ4v) is 3.89. The third-order valence-corrected chi connectivity index (χ3v) is 5.73. The minimum atomic E-state index is -0.0356. The lowest BCUT2D eigenvalue weighted by Gasteiger charge is -2.24. The standard InChI is InChI=1S/C27H29N3O2/c1-3-4-18-28-27(31)22-10-14-23(15-11-22)30-26(21-12-16-24(32-2)17-13-21)19-25(29-30)20-8-6-5-7-9-20/h5-17,26H,3-4,18-19H2,1-2H3,(H,28,31). The van der Waals surface area contributed by atoms with Crippen LogP contribution < -0.4 is 15.1 Å². The van der Waals surface area contributed by atoms with E-state index < -0.39 is 0 Å². The first-order chi connectivity index (χ1) is 15.7. The number of hydrazone groups is 1. The monoisotopic (exact) mass is 427 g/mol. The number of hydrogen-bond acceptors (Lipinski definition) is 4. The van der Waals surface area contributed by atoms with Crippen LogP contribution in [0.5, 0.6) is 5.75 Å². The van der Waals surface area contributed by atoms with Crippen molar-refractivity contribution in [2.45, 2.75) is 32.2 Å². The average Bonchev–Trinajstić information content (AvgIpc) is 3.30. The van der Waals surface area contributed by atoms with Crippen molar-refractivity contribution < 1.29 is 9.53 Å². The number of hydrogen-bond donors (Lipinski definition) is 1. The van der Waals surface area contributed by atoms with Gasteiger partial charge in [-0.05, 0) is 53.9 Å². The summed E-state index contributed by atoms with van der Waals surface area (Å²) in [4.78, 5) is 12.4. The summed E-state index contributed by atoms with van der Waals surface area (Å²) in [6.45, 7) is 2.81. The summed E-state index contributed by atoms with van der Waals surface area (Å²) in [6.07, 6.45) is 2.84. The number of benzene rings is 3. The minimum absolute atomic E-state index is 0.0356. The van der Waals surface area contributed by atoms with Crippen LogP contribution in [0.2, 0.25) is 0 Å². The lowest BCUT2D eigenvalue weighted by Crippen LogP contribution is -2.24. The Bertz CT molecular complexity index is 1060. The Morgan fingerprint density at radius 1 is 1.03 bits per heavy atom. The highest BCUT2D eigenvalue weighted by molar-refractivity contribution is 6.03. The second-order valence-corrected chi connectivity index (χ2v) is 7.91. The van der Waals surface area contributed by atoms with Crippen LogP contribution >= 0.6 is 0 Å². The second-order valence-electron chi connectivity index (χ2n) is 7.91. The summed E-state index contributed by atoms with van der Waals surface area (Å²) in [5, 5.41) is 10.0. The molecule has 32 heavy (non-hydrogen) atoms. The van der Waals surface area contributed by atoms with Gasteiger partial charge in [0.05, 0.1) is 24.6 Å². The SMILES string of the molecule is CCCCNC(=O)c1ccc(N2N=C(c3ccccc3)CC2c2ccc(OC)cc2)cc1. The maximum atomic E-state index is 12.4. The predicted molar refractivity (Wildman–Crippen MR) is 129 cm³/mol. The van der Waals surface area contributed by atoms with Gasteiger partial charge in [-0.2, -0.15) is 5.10 Å². The number of carbonyl (C=O) groups excluding carboxylic acids is 1. The highest BCUT2D eigenvalue weighted by Crippen LogP contribution is 2.37. The summed E-state index contributed by atoms with van der Waals surface area (Å²) >= 11 is 0. The number of rotatable bonds is 8. The van der Waals surface area contributed by atoms with E-state index in [-0.39, 0.29) is 11.9 Å². The van der Waals surface area contributed by atoms with E-state index in [4.69, 9.17) is 9.84 Å². The Kier molecular flexibility index (Phi) is 6.85. The molecule has 0 saturated carbocycles. The van der Waals surface area contributed by atoms with Crippen molar-refractivity contribution in [1.82, 2.24) is 5.32 Å². The first-order valence-electron chi connectivity index (χ1n) is 11.1. The molecule has 1 N–H and O–H groups in total. The summed E-state index contributed by atoms with van der Waals surface area (Å²) < 4.78 is 5.32. The summed E-state index contributed by atoms with van der Waals surface area (Å²) in [7, 11) is 1.67. The van der Waals surface area contributed by atoms with Crippen molar-refractivity contribution in [3.8, 4) is 5.75 Å². The van der Waals surface area contributed by atoms with Gasteiger partial charge in [0.25, 0.3) is 5.91 Å². The van der Waals surface area contributed by atoms with Crippen LogP contribution in [-0.2, 0) is 0 Å². The quantitative estimate of drug-likeness (QED) is 0.478. The number of carbonyl (C=O) groups is 1. The topological polar surface area (TPSA) is 53.9 Å². The van der Waals surface area contributed by atoms with E-state index in [0.717, 1.165) is 42.0 Å². The van der Waals surface area contributed by atoms with Gasteiger partial charge in [0, 0.05) is 18.5 Å². The van der Waals surface area contributed by atoms with Crippen LogP contribution in [0.4, 0.5) is 5.69 Å². The van der Waals surface area contributed by atoms with E-state index in [2.05, 4.69) is 41.5 Å². The van der Waals surface area contributed by atoms with Gasteiger partial charge in [-0.25, -0.2) is 0 Å². The number of methoxy groups -OCH3 is 1. The van der Waals surface area contributed by atoms with Crippen LogP contribution in [0, 0.1) is 0 Å². The molecule has 5 nitrogen and oxygen atoms in total. The van der Waals surface area contributed by atoms with Crippen LogP contribution in [0.1, 0.15) is 53.7 Å². The molecule has 3 aromatic rings. The lowest BCUT2D eigenvalue weighted by atomic mass is 9.98. The molecule has 1 aliphatic heterocycles. The molecule has 1 unspecified atom stereocenters. The molecule has 3 aromatic carbocycles. The van der Waals surface area contributed by atoms with E-state index in [9.17, 15) is 4.79 Å². The molecule has 1 amide bonds. The average molecular weight is 428 g/mol. The number of nitrogens with zero attached hydrogens (tertiary/aromatic N) is 2. The van der Waals surface area contributed by atoms with Gasteiger partial charge in [-0.3, -0.25) is 9.80 Å². The molecule has 164 valence electrons. The van der Waals surface area contributed by atoms with Gasteiger partial charge in [-0.15, -0.1) is 0 Å². The van der Waals surface area contributed by atoms with E-state index in [1.54, 1.807) is 7.11 Å². The summed E-state index contributed by atoms with van der Waals surface area (Å²) in [5.74, 6) is 0.799. The zero-order valence-electron chi connectivity index (χ0n) is 18.6. The molecule has 0 fully saturated rings. The fraction of sp³-hybridized carbons (Fsp3) is 0.259. The molecule has 0 aromatic heterocycles. The van der Waals surface area contributed by atoms with E-state index in [0.29, 0.717) is 12.1 Å². The van der Waals surface area contributed by atoms with E-state index in [1.165, 1.54) is 5.56 Å². The Labute approximate surface area is 189 Å². The molecule has 4 rings (SSSR count). The molecule has 0 aliphatic carbocycles. The lowest BCUT2D eigenvalue weighted by molar-refractivity contribution is 0.0953. The molecule has 5 heteroatoms. The number of amides is 1. The largest absolute Gasteiger partial charge is 0.497 e. The van der Waals surface area contributed by atoms with Crippen LogP contribution in [0.25, 0.3) is 0 Å². The second kappa shape index (κ2) is 10.1. The molecular formula is C27H29N3O2. The highest BCUT2D eigenvalue weighted by Gasteiger charge is 2.30. The summed E-state index contributed by atoms with van der Waals surface area (Å²) in [6, 6.07) is 26.2. The van der Waals surface area contributed by atoms with Crippen molar-refractivity contribution in [3.63, 3.8) is 0 Å². The molecule has 1 atom stereocenters. The van der Waals surface area contributed by atoms with Gasteiger partial charge in [0.2, 0.25) is 0 Å². The maximum absolute atomic E-state index is 12.4. The number of ether oxygens (including phenoxy) is 1. The first kappa shape index (κ1) is 21.6. The smallest absolute Gasteiger partial charge is 0.251 e. The first-order valence-corrected chi connectivity index (χ1v) is 11.1. The summed E-state index contributed by atoms with van der Waals surface area (Å²) in [5.41, 5.74) is 4.97. The van der Waals surface area contributed by atoms with Gasteiger partial charge >= 0.3 is 0 Å². The number of anilines is 1. The van der Waals surface area contributed by atoms with Crippen molar-refractivity contribution in [2.75, 3.05) is 18.7 Å². The van der Waals surface area contributed by atoms with Gasteiger partial charge in [0.15, 0.2) is 0 Å². The van der Waals surface area contributed by atoms with Crippen molar-refractivity contribution >= 4 is 17.3 Å². The molecule has 0 radical (unpaired) electrons. The molecule has 1 aliphatic rings. The Hall–Kier alpha value is -3.60. The van der Waals surface area contributed by atoms with E-state index >= 15 is 0 Å². The maximum Gasteiger partial charge on any atom is 0.251 e. The van der Waals surface area contributed by atoms with Gasteiger partial charge < -0.3 is 10.1 Å². The van der Waals surface area contributed by atoms with Crippen LogP contribution in [0.15, 0.2) is 84.0 Å². The number of unbranched alkanes of at least 4 members (excludes halogenated alkanes) is 1. The van der Waals surface area contributed by atoms with Gasteiger partial charge in [-0.1, -0.05) is 55.8 Å². The van der Waals surface area contributed by atoms with Crippen molar-refractivity contribution in [3.05, 3.63) is 95.6 Å². The van der Waals surface area contributed by atoms with Crippen molar-refractivity contribution in [2.24, 2.45) is 5.10 Å². The Morgan fingerprint density at radius 2 is 1.75 bits per heavy atom. The molecule has 0 saturated heterocycles. The van der Waals surface area contributed by atoms with E-state index in [1.807, 2.05) is 54.6 Å². The third-order valence-electron chi connectivity index (χ3n) is 5.73. The van der Waals surface area contributed by atoms with Gasteiger partial charge in [0.1, 0.15) is 5.75 Å². The third kappa shape index (κ3) is 4.83. The fourth-order valence-electron chi connectivity index (χ4n) is 3.89. The minimum Gasteiger partial charge on any atom is -0.497 e. The molecule has 0 spiro atoms. The molecular weight excluding hydrogens is 398 g/mol. The molecule has 0 bridgehead atoms. The zero-order valence-corrected chi connectivity index (χ0v) is 18.6. The Morgan fingerprint density at radius 3 is 2.41 bits per heavy atom. The Balaban J connectivity index is 1.61. The number of nitrogens with one attached hydrogen (secondary N) is 1.